The standard InChI is InChI=1S/C13H21N3OS/c1-10(18-13-14-8-9-16(13)2)12(17)15-11-6-4-3-5-7-11/h8-11H,3-7H2,1-2H3,(H,15,17)/t10-/m1/s1. The molecular weight excluding hydrogens is 246 g/mol. The highest BCUT2D eigenvalue weighted by molar-refractivity contribution is 8.00. The Bertz CT molecular complexity index is 399. The van der Waals surface area contributed by atoms with Gasteiger partial charge in [-0.2, -0.15) is 0 Å². The topological polar surface area (TPSA) is 46.9 Å². The Morgan fingerprint density at radius 1 is 1.50 bits per heavy atom. The van der Waals surface area contributed by atoms with Crippen LogP contribution in [0.1, 0.15) is 39.0 Å². The molecule has 1 saturated carbocycles. The summed E-state index contributed by atoms with van der Waals surface area (Å²) >= 11 is 1.51. The van der Waals surface area contributed by atoms with Crippen molar-refractivity contribution < 1.29 is 4.79 Å². The molecule has 0 unspecified atom stereocenters. The van der Waals surface area contributed by atoms with Crippen molar-refractivity contribution in [3.63, 3.8) is 0 Å². The zero-order valence-electron chi connectivity index (χ0n) is 11.1. The van der Waals surface area contributed by atoms with E-state index in [2.05, 4.69) is 10.3 Å². The van der Waals surface area contributed by atoms with Gasteiger partial charge < -0.3 is 9.88 Å². The van der Waals surface area contributed by atoms with E-state index in [1.54, 1.807) is 6.20 Å². The third-order valence-electron chi connectivity index (χ3n) is 3.38. The van der Waals surface area contributed by atoms with Crippen molar-refractivity contribution in [2.45, 2.75) is 55.5 Å². The van der Waals surface area contributed by atoms with Crippen LogP contribution in [0.4, 0.5) is 0 Å². The number of hydrogen-bond donors (Lipinski definition) is 1. The van der Waals surface area contributed by atoms with Crippen molar-refractivity contribution in [2.75, 3.05) is 0 Å². The third kappa shape index (κ3) is 3.51. The molecule has 1 aromatic rings. The van der Waals surface area contributed by atoms with Gasteiger partial charge in [0.15, 0.2) is 5.16 Å². The van der Waals surface area contributed by atoms with Gasteiger partial charge in [-0.05, 0) is 19.8 Å². The number of rotatable bonds is 4. The second-order valence-corrected chi connectivity index (χ2v) is 6.23. The first-order chi connectivity index (χ1) is 8.66. The lowest BCUT2D eigenvalue weighted by atomic mass is 9.95. The molecule has 1 atom stereocenters. The number of nitrogens with one attached hydrogen (secondary N) is 1. The lowest BCUT2D eigenvalue weighted by Gasteiger charge is -2.24. The quantitative estimate of drug-likeness (QED) is 0.852. The van der Waals surface area contributed by atoms with Crippen LogP contribution in [0, 0.1) is 0 Å². The maximum atomic E-state index is 12.1. The second-order valence-electron chi connectivity index (χ2n) is 4.92. The normalized spacial score (nSPS) is 18.6. The summed E-state index contributed by atoms with van der Waals surface area (Å²) in [5.41, 5.74) is 0. The van der Waals surface area contributed by atoms with E-state index in [4.69, 9.17) is 0 Å². The summed E-state index contributed by atoms with van der Waals surface area (Å²) in [6, 6.07) is 0.385. The Morgan fingerprint density at radius 3 is 2.83 bits per heavy atom. The van der Waals surface area contributed by atoms with Gasteiger partial charge in [0.2, 0.25) is 5.91 Å². The fourth-order valence-electron chi connectivity index (χ4n) is 2.24. The van der Waals surface area contributed by atoms with Gasteiger partial charge in [-0.25, -0.2) is 4.98 Å². The number of aryl methyl sites for hydroxylation is 1. The van der Waals surface area contributed by atoms with Gasteiger partial charge in [0.1, 0.15) is 0 Å². The number of imidazole rings is 1. The van der Waals surface area contributed by atoms with Crippen molar-refractivity contribution in [3.8, 4) is 0 Å². The van der Waals surface area contributed by atoms with Crippen LogP contribution in [0.2, 0.25) is 0 Å². The van der Waals surface area contributed by atoms with Crippen LogP contribution in [-0.4, -0.2) is 26.8 Å². The van der Waals surface area contributed by atoms with Gasteiger partial charge in [0, 0.05) is 25.5 Å². The molecule has 5 heteroatoms. The first kappa shape index (κ1) is 13.5. The fourth-order valence-corrected chi connectivity index (χ4v) is 3.08. The van der Waals surface area contributed by atoms with Gasteiger partial charge in [-0.3, -0.25) is 4.79 Å². The molecule has 4 nitrogen and oxygen atoms in total. The van der Waals surface area contributed by atoms with E-state index in [1.807, 2.05) is 24.7 Å². The molecule has 1 aliphatic rings. The fraction of sp³-hybridized carbons (Fsp3) is 0.692. The molecule has 1 fully saturated rings. The maximum Gasteiger partial charge on any atom is 0.233 e. The average Bonchev–Trinajstić information content (AvgIpc) is 2.76. The van der Waals surface area contributed by atoms with Crippen molar-refractivity contribution >= 4 is 17.7 Å². The van der Waals surface area contributed by atoms with Gasteiger partial charge in [-0.1, -0.05) is 31.0 Å². The Kier molecular flexibility index (Phi) is 4.69. The summed E-state index contributed by atoms with van der Waals surface area (Å²) in [5.74, 6) is 0.134. The highest BCUT2D eigenvalue weighted by Crippen LogP contribution is 2.22. The lowest BCUT2D eigenvalue weighted by Crippen LogP contribution is -2.40. The highest BCUT2D eigenvalue weighted by Gasteiger charge is 2.21. The number of thioether (sulfide) groups is 1. The van der Waals surface area contributed by atoms with Gasteiger partial charge >= 0.3 is 0 Å². The number of amides is 1. The zero-order chi connectivity index (χ0) is 13.0. The van der Waals surface area contributed by atoms with Crippen molar-refractivity contribution in [1.82, 2.24) is 14.9 Å². The van der Waals surface area contributed by atoms with Crippen LogP contribution in [-0.2, 0) is 11.8 Å². The molecule has 1 heterocycles. The van der Waals surface area contributed by atoms with E-state index in [-0.39, 0.29) is 11.2 Å². The first-order valence-electron chi connectivity index (χ1n) is 6.61. The van der Waals surface area contributed by atoms with Gasteiger partial charge in [-0.15, -0.1) is 0 Å². The molecule has 0 spiro atoms. The minimum absolute atomic E-state index is 0.0898. The molecule has 0 radical (unpaired) electrons. The lowest BCUT2D eigenvalue weighted by molar-refractivity contribution is -0.121. The third-order valence-corrected chi connectivity index (χ3v) is 4.55. The summed E-state index contributed by atoms with van der Waals surface area (Å²) in [4.78, 5) is 16.3. The van der Waals surface area contributed by atoms with E-state index in [1.165, 1.54) is 31.0 Å². The zero-order valence-corrected chi connectivity index (χ0v) is 11.9. The van der Waals surface area contributed by atoms with Crippen LogP contribution >= 0.6 is 11.8 Å². The van der Waals surface area contributed by atoms with Crippen molar-refractivity contribution in [3.05, 3.63) is 12.4 Å². The van der Waals surface area contributed by atoms with Crippen LogP contribution in [0.15, 0.2) is 17.6 Å². The highest BCUT2D eigenvalue weighted by atomic mass is 32.2. The van der Waals surface area contributed by atoms with Gasteiger partial charge in [0.05, 0.1) is 5.25 Å². The van der Waals surface area contributed by atoms with E-state index in [0.29, 0.717) is 6.04 Å². The summed E-state index contributed by atoms with van der Waals surface area (Å²) in [5, 5.41) is 3.95. The van der Waals surface area contributed by atoms with Crippen molar-refractivity contribution in [1.29, 1.82) is 0 Å². The van der Waals surface area contributed by atoms with E-state index in [9.17, 15) is 4.79 Å². The van der Waals surface area contributed by atoms with Crippen LogP contribution in [0.25, 0.3) is 0 Å². The SMILES string of the molecule is C[C@@H](Sc1nccn1C)C(=O)NC1CCCCC1. The summed E-state index contributed by atoms with van der Waals surface area (Å²) < 4.78 is 1.94. The number of nitrogens with zero attached hydrogens (tertiary/aromatic N) is 2. The Morgan fingerprint density at radius 2 is 2.22 bits per heavy atom. The second kappa shape index (κ2) is 6.27. The van der Waals surface area contributed by atoms with Crippen LogP contribution < -0.4 is 5.32 Å². The monoisotopic (exact) mass is 267 g/mol. The van der Waals surface area contributed by atoms with E-state index >= 15 is 0 Å². The Hall–Kier alpha value is -0.970. The maximum absolute atomic E-state index is 12.1. The molecule has 1 aromatic heterocycles. The molecule has 0 saturated heterocycles. The summed E-state index contributed by atoms with van der Waals surface area (Å²) in [6.07, 6.45) is 9.71. The predicted octanol–water partition coefficient (Wildman–Crippen LogP) is 2.35. The molecule has 0 bridgehead atoms. The molecule has 0 aliphatic heterocycles. The molecule has 1 N–H and O–H groups in total. The van der Waals surface area contributed by atoms with Gasteiger partial charge in [0.25, 0.3) is 0 Å². The molecule has 1 aliphatic carbocycles. The van der Waals surface area contributed by atoms with Crippen LogP contribution in [0.3, 0.4) is 0 Å². The number of carbonyl (C=O) groups is 1. The molecule has 2 rings (SSSR count). The Balaban J connectivity index is 1.83. The number of hydrogen-bond acceptors (Lipinski definition) is 3. The molecule has 0 aromatic carbocycles. The van der Waals surface area contributed by atoms with Crippen LogP contribution in [0.5, 0.6) is 0 Å². The Labute approximate surface area is 113 Å². The number of aromatic nitrogens is 2. The van der Waals surface area contributed by atoms with E-state index < -0.39 is 0 Å². The molecule has 18 heavy (non-hydrogen) atoms. The molecule has 100 valence electrons. The minimum Gasteiger partial charge on any atom is -0.352 e. The minimum atomic E-state index is -0.0898. The smallest absolute Gasteiger partial charge is 0.233 e. The molecular formula is C13H21N3OS. The largest absolute Gasteiger partial charge is 0.352 e. The first-order valence-corrected chi connectivity index (χ1v) is 7.49. The summed E-state index contributed by atoms with van der Waals surface area (Å²) in [7, 11) is 1.95. The van der Waals surface area contributed by atoms with E-state index in [0.717, 1.165) is 18.0 Å². The summed E-state index contributed by atoms with van der Waals surface area (Å²) in [6.45, 7) is 1.94. The predicted molar refractivity (Wildman–Crippen MR) is 73.5 cm³/mol. The number of carbonyl (C=O) groups excluding carboxylic acids is 1. The van der Waals surface area contributed by atoms with Crippen molar-refractivity contribution in [2.24, 2.45) is 7.05 Å². The molecule has 1 amide bonds. The average molecular weight is 267 g/mol.